The smallest absolute Gasteiger partial charge is 0.138 e. The van der Waals surface area contributed by atoms with E-state index in [0.29, 0.717) is 23.9 Å². The Morgan fingerprint density at radius 2 is 2.05 bits per heavy atom. The average Bonchev–Trinajstić information content (AvgIpc) is 2.39. The Hall–Kier alpha value is -1.74. The quantitative estimate of drug-likeness (QED) is 0.825. The number of anilines is 1. The molecular weight excluding hydrogens is 265 g/mol. The fourth-order valence-corrected chi connectivity index (χ4v) is 1.85. The maximum atomic E-state index is 12.9. The van der Waals surface area contributed by atoms with Crippen molar-refractivity contribution in [2.24, 2.45) is 0 Å². The second kappa shape index (κ2) is 6.43. The highest BCUT2D eigenvalue weighted by Gasteiger charge is 2.01. The van der Waals surface area contributed by atoms with Gasteiger partial charge in [-0.2, -0.15) is 0 Å². The number of aryl methyl sites for hydroxylation is 1. The van der Waals surface area contributed by atoms with Gasteiger partial charge >= 0.3 is 0 Å². The predicted molar refractivity (Wildman–Crippen MR) is 76.6 cm³/mol. The van der Waals surface area contributed by atoms with Crippen molar-refractivity contribution in [3.8, 4) is 5.75 Å². The van der Waals surface area contributed by atoms with Crippen LogP contribution in [0.25, 0.3) is 0 Å². The van der Waals surface area contributed by atoms with Gasteiger partial charge in [0.25, 0.3) is 0 Å². The second-order valence-corrected chi connectivity index (χ2v) is 4.63. The number of ether oxygens (including phenoxy) is 1. The van der Waals surface area contributed by atoms with E-state index in [2.05, 4.69) is 5.32 Å². The van der Waals surface area contributed by atoms with Crippen molar-refractivity contribution >= 4 is 17.3 Å². The average molecular weight is 280 g/mol. The Bertz CT molecular complexity index is 560. The SMILES string of the molecule is Cc1ccc(Cl)c(OCCNc2cccc(F)c2)c1. The first kappa shape index (κ1) is 13.7. The van der Waals surface area contributed by atoms with Crippen LogP contribution < -0.4 is 10.1 Å². The zero-order valence-corrected chi connectivity index (χ0v) is 11.4. The standard InChI is InChI=1S/C15H15ClFNO/c1-11-5-6-14(16)15(9-11)19-8-7-18-13-4-2-3-12(17)10-13/h2-6,9-10,18H,7-8H2,1H3. The van der Waals surface area contributed by atoms with Crippen LogP contribution in [0.15, 0.2) is 42.5 Å². The summed E-state index contributed by atoms with van der Waals surface area (Å²) in [6.45, 7) is 3.02. The van der Waals surface area contributed by atoms with E-state index < -0.39 is 0 Å². The number of nitrogens with one attached hydrogen (secondary N) is 1. The molecule has 19 heavy (non-hydrogen) atoms. The maximum absolute atomic E-state index is 12.9. The molecule has 2 aromatic rings. The van der Waals surface area contributed by atoms with Gasteiger partial charge < -0.3 is 10.1 Å². The van der Waals surface area contributed by atoms with Crippen LogP contribution in [0.5, 0.6) is 5.75 Å². The second-order valence-electron chi connectivity index (χ2n) is 4.22. The van der Waals surface area contributed by atoms with Crippen LogP contribution in [0, 0.1) is 12.7 Å². The molecule has 2 aromatic carbocycles. The fraction of sp³-hybridized carbons (Fsp3) is 0.200. The third kappa shape index (κ3) is 4.14. The molecule has 0 atom stereocenters. The summed E-state index contributed by atoms with van der Waals surface area (Å²) in [7, 11) is 0. The summed E-state index contributed by atoms with van der Waals surface area (Å²) in [6, 6.07) is 12.0. The molecule has 0 saturated carbocycles. The van der Waals surface area contributed by atoms with Gasteiger partial charge in [-0.3, -0.25) is 0 Å². The van der Waals surface area contributed by atoms with E-state index in [1.807, 2.05) is 31.2 Å². The Morgan fingerprint density at radius 1 is 1.21 bits per heavy atom. The van der Waals surface area contributed by atoms with Crippen molar-refractivity contribution in [1.82, 2.24) is 0 Å². The first-order valence-electron chi connectivity index (χ1n) is 6.03. The van der Waals surface area contributed by atoms with Crippen molar-refractivity contribution in [3.05, 3.63) is 58.9 Å². The van der Waals surface area contributed by atoms with E-state index in [1.54, 1.807) is 6.07 Å². The van der Waals surface area contributed by atoms with Gasteiger partial charge in [-0.15, -0.1) is 0 Å². The first-order valence-corrected chi connectivity index (χ1v) is 6.41. The molecule has 0 radical (unpaired) electrons. The van der Waals surface area contributed by atoms with Gasteiger partial charge in [0.05, 0.1) is 5.02 Å². The fourth-order valence-electron chi connectivity index (χ4n) is 1.68. The molecule has 0 aliphatic rings. The van der Waals surface area contributed by atoms with Crippen molar-refractivity contribution in [2.75, 3.05) is 18.5 Å². The highest BCUT2D eigenvalue weighted by atomic mass is 35.5. The van der Waals surface area contributed by atoms with Crippen molar-refractivity contribution in [1.29, 1.82) is 0 Å². The molecule has 0 amide bonds. The molecule has 2 rings (SSSR count). The van der Waals surface area contributed by atoms with Crippen LogP contribution in [0.1, 0.15) is 5.56 Å². The minimum absolute atomic E-state index is 0.257. The molecule has 0 fully saturated rings. The summed E-state index contributed by atoms with van der Waals surface area (Å²) in [5, 5.41) is 3.68. The molecule has 0 aliphatic carbocycles. The maximum Gasteiger partial charge on any atom is 0.138 e. The van der Waals surface area contributed by atoms with E-state index in [0.717, 1.165) is 11.3 Å². The number of hydrogen-bond donors (Lipinski definition) is 1. The van der Waals surface area contributed by atoms with E-state index in [9.17, 15) is 4.39 Å². The first-order chi connectivity index (χ1) is 9.15. The summed E-state index contributed by atoms with van der Waals surface area (Å²) in [5.74, 6) is 0.412. The topological polar surface area (TPSA) is 21.3 Å². The number of rotatable bonds is 5. The molecule has 0 bridgehead atoms. The van der Waals surface area contributed by atoms with E-state index in [-0.39, 0.29) is 5.82 Å². The van der Waals surface area contributed by atoms with Gasteiger partial charge in [-0.05, 0) is 42.8 Å². The molecule has 2 nitrogen and oxygen atoms in total. The van der Waals surface area contributed by atoms with Crippen LogP contribution in [-0.4, -0.2) is 13.2 Å². The normalized spacial score (nSPS) is 10.3. The monoisotopic (exact) mass is 279 g/mol. The molecule has 0 unspecified atom stereocenters. The largest absolute Gasteiger partial charge is 0.490 e. The van der Waals surface area contributed by atoms with Gasteiger partial charge in [0, 0.05) is 12.2 Å². The number of hydrogen-bond acceptors (Lipinski definition) is 2. The summed E-state index contributed by atoms with van der Waals surface area (Å²) < 4.78 is 18.5. The third-order valence-electron chi connectivity index (χ3n) is 2.60. The Morgan fingerprint density at radius 3 is 2.84 bits per heavy atom. The van der Waals surface area contributed by atoms with Crippen LogP contribution >= 0.6 is 11.6 Å². The van der Waals surface area contributed by atoms with Gasteiger partial charge in [-0.1, -0.05) is 23.7 Å². The Kier molecular flexibility index (Phi) is 4.63. The molecule has 0 aliphatic heterocycles. The van der Waals surface area contributed by atoms with E-state index >= 15 is 0 Å². The van der Waals surface area contributed by atoms with Crippen LogP contribution in [-0.2, 0) is 0 Å². The lowest BCUT2D eigenvalue weighted by Crippen LogP contribution is -2.11. The molecule has 0 saturated heterocycles. The lowest BCUT2D eigenvalue weighted by molar-refractivity contribution is 0.333. The van der Waals surface area contributed by atoms with E-state index in [4.69, 9.17) is 16.3 Å². The van der Waals surface area contributed by atoms with E-state index in [1.165, 1.54) is 12.1 Å². The molecule has 0 spiro atoms. The minimum atomic E-state index is -0.257. The van der Waals surface area contributed by atoms with Crippen molar-refractivity contribution in [3.63, 3.8) is 0 Å². The third-order valence-corrected chi connectivity index (χ3v) is 2.91. The summed E-state index contributed by atoms with van der Waals surface area (Å²) in [6.07, 6.45) is 0. The zero-order chi connectivity index (χ0) is 13.7. The number of benzene rings is 2. The Balaban J connectivity index is 1.82. The molecular formula is C15H15ClFNO. The lowest BCUT2D eigenvalue weighted by Gasteiger charge is -2.10. The minimum Gasteiger partial charge on any atom is -0.490 e. The molecule has 0 aromatic heterocycles. The molecule has 1 N–H and O–H groups in total. The van der Waals surface area contributed by atoms with Crippen LogP contribution in [0.4, 0.5) is 10.1 Å². The predicted octanol–water partition coefficient (Wildman–Crippen LogP) is 4.28. The van der Waals surface area contributed by atoms with Gasteiger partial charge in [0.15, 0.2) is 0 Å². The van der Waals surface area contributed by atoms with Crippen LogP contribution in [0.2, 0.25) is 5.02 Å². The summed E-state index contributed by atoms with van der Waals surface area (Å²) >= 11 is 6.02. The highest BCUT2D eigenvalue weighted by molar-refractivity contribution is 6.32. The van der Waals surface area contributed by atoms with Gasteiger partial charge in [0.2, 0.25) is 0 Å². The van der Waals surface area contributed by atoms with Crippen molar-refractivity contribution < 1.29 is 9.13 Å². The Labute approximate surface area is 117 Å². The van der Waals surface area contributed by atoms with Crippen LogP contribution in [0.3, 0.4) is 0 Å². The molecule has 100 valence electrons. The van der Waals surface area contributed by atoms with Gasteiger partial charge in [-0.25, -0.2) is 4.39 Å². The molecule has 0 heterocycles. The lowest BCUT2D eigenvalue weighted by atomic mass is 10.2. The van der Waals surface area contributed by atoms with Gasteiger partial charge in [0.1, 0.15) is 18.2 Å². The summed E-state index contributed by atoms with van der Waals surface area (Å²) in [5.41, 5.74) is 1.83. The zero-order valence-electron chi connectivity index (χ0n) is 10.6. The van der Waals surface area contributed by atoms with Crippen molar-refractivity contribution in [2.45, 2.75) is 6.92 Å². The summed E-state index contributed by atoms with van der Waals surface area (Å²) in [4.78, 5) is 0. The number of halogens is 2. The highest BCUT2D eigenvalue weighted by Crippen LogP contribution is 2.25. The molecule has 4 heteroatoms.